The van der Waals surface area contributed by atoms with Crippen LogP contribution in [0.3, 0.4) is 0 Å². The van der Waals surface area contributed by atoms with Crippen LogP contribution >= 0.6 is 0 Å². The van der Waals surface area contributed by atoms with Gasteiger partial charge in [-0.3, -0.25) is 0 Å². The summed E-state index contributed by atoms with van der Waals surface area (Å²) in [6.07, 6.45) is 0. The second-order valence-corrected chi connectivity index (χ2v) is 8.90. The molecule has 0 saturated heterocycles. The second-order valence-electron chi connectivity index (χ2n) is 6.92. The number of methoxy groups -OCH3 is 1. The molecular weight excluding hydrogens is 394 g/mol. The molecule has 0 spiro atoms. The van der Waals surface area contributed by atoms with Crippen molar-refractivity contribution in [2.24, 2.45) is 7.05 Å². The molecule has 1 heterocycles. The molecule has 1 aromatic heterocycles. The highest BCUT2D eigenvalue weighted by Crippen LogP contribution is 2.29. The van der Waals surface area contributed by atoms with Crippen molar-refractivity contribution in [3.8, 4) is 5.75 Å². The highest BCUT2D eigenvalue weighted by atomic mass is 32.2. The topological polar surface area (TPSA) is 102 Å². The Morgan fingerprint density at radius 3 is 2.41 bits per heavy atom. The number of benzene rings is 2. The number of rotatable bonds is 6. The molecule has 0 unspecified atom stereocenters. The number of aromatic carboxylic acids is 1. The maximum Gasteiger partial charge on any atom is 0.337 e. The van der Waals surface area contributed by atoms with Crippen LogP contribution in [0.5, 0.6) is 5.75 Å². The number of fused-ring (bicyclic) bond motifs is 1. The summed E-state index contributed by atoms with van der Waals surface area (Å²) in [5.41, 5.74) is 2.22. The maximum absolute atomic E-state index is 13.2. The van der Waals surface area contributed by atoms with Gasteiger partial charge in [0, 0.05) is 14.1 Å². The molecule has 29 heavy (non-hydrogen) atoms. The van der Waals surface area contributed by atoms with Gasteiger partial charge in [0.15, 0.2) is 0 Å². The lowest BCUT2D eigenvalue weighted by molar-refractivity contribution is 0.0699. The number of carboxylic acid groups (broad SMARTS) is 1. The third-order valence-corrected chi connectivity index (χ3v) is 7.05. The molecule has 0 aliphatic rings. The van der Waals surface area contributed by atoms with Gasteiger partial charge in [0.1, 0.15) is 17.1 Å². The van der Waals surface area contributed by atoms with Gasteiger partial charge in [0.25, 0.3) is 0 Å². The van der Waals surface area contributed by atoms with Crippen molar-refractivity contribution in [2.75, 3.05) is 14.2 Å². The standard InChI is InChI=1S/C20H23N3O5S/c1-12-9-14(28-5)10-13(2)19(12)29(26,27)22(3)11-17-21-18-15(20(24)25)7-6-8-16(18)23(17)4/h6-10H,11H2,1-5H3,(H,24,25). The number of aryl methyl sites for hydroxylation is 3. The van der Waals surface area contributed by atoms with Crippen molar-refractivity contribution in [3.63, 3.8) is 0 Å². The number of hydrogen-bond donors (Lipinski definition) is 1. The molecule has 0 amide bonds. The van der Waals surface area contributed by atoms with E-state index in [1.807, 2.05) is 0 Å². The molecule has 0 aliphatic carbocycles. The summed E-state index contributed by atoms with van der Waals surface area (Å²) < 4.78 is 34.6. The number of nitrogens with zero attached hydrogens (tertiary/aromatic N) is 3. The summed E-state index contributed by atoms with van der Waals surface area (Å²) >= 11 is 0. The largest absolute Gasteiger partial charge is 0.497 e. The molecule has 2 aromatic carbocycles. The number of ether oxygens (including phenoxy) is 1. The van der Waals surface area contributed by atoms with Crippen molar-refractivity contribution in [1.82, 2.24) is 13.9 Å². The molecule has 3 aromatic rings. The fraction of sp³-hybridized carbons (Fsp3) is 0.300. The predicted molar refractivity (Wildman–Crippen MR) is 109 cm³/mol. The van der Waals surface area contributed by atoms with Crippen LogP contribution in [0.4, 0.5) is 0 Å². The van der Waals surface area contributed by atoms with Gasteiger partial charge in [-0.25, -0.2) is 18.2 Å². The first-order valence-electron chi connectivity index (χ1n) is 8.87. The third kappa shape index (κ3) is 3.58. The maximum atomic E-state index is 13.2. The summed E-state index contributed by atoms with van der Waals surface area (Å²) in [6, 6.07) is 8.24. The van der Waals surface area contributed by atoms with E-state index in [-0.39, 0.29) is 17.0 Å². The number of carboxylic acids is 1. The number of para-hydroxylation sites is 1. The van der Waals surface area contributed by atoms with E-state index in [0.29, 0.717) is 33.7 Å². The lowest BCUT2D eigenvalue weighted by Gasteiger charge is -2.20. The second kappa shape index (κ2) is 7.49. The number of imidazole rings is 1. The first kappa shape index (κ1) is 20.8. The molecule has 3 rings (SSSR count). The minimum Gasteiger partial charge on any atom is -0.497 e. The van der Waals surface area contributed by atoms with Gasteiger partial charge in [0.2, 0.25) is 10.0 Å². The van der Waals surface area contributed by atoms with Crippen molar-refractivity contribution in [2.45, 2.75) is 25.3 Å². The van der Waals surface area contributed by atoms with Gasteiger partial charge in [0.05, 0.1) is 29.6 Å². The predicted octanol–water partition coefficient (Wildman–Crippen LogP) is 2.72. The van der Waals surface area contributed by atoms with E-state index in [9.17, 15) is 18.3 Å². The van der Waals surface area contributed by atoms with Crippen LogP contribution in [0.25, 0.3) is 11.0 Å². The van der Waals surface area contributed by atoms with Gasteiger partial charge in [-0.15, -0.1) is 0 Å². The van der Waals surface area contributed by atoms with Gasteiger partial charge in [-0.05, 0) is 49.2 Å². The van der Waals surface area contributed by atoms with Crippen LogP contribution in [0, 0.1) is 13.8 Å². The van der Waals surface area contributed by atoms with Crippen molar-refractivity contribution >= 4 is 27.0 Å². The third-order valence-electron chi connectivity index (χ3n) is 4.94. The van der Waals surface area contributed by atoms with E-state index in [2.05, 4.69) is 4.98 Å². The molecule has 0 atom stereocenters. The van der Waals surface area contributed by atoms with E-state index in [1.165, 1.54) is 24.5 Å². The Morgan fingerprint density at radius 1 is 1.24 bits per heavy atom. The Morgan fingerprint density at radius 2 is 1.86 bits per heavy atom. The normalized spacial score (nSPS) is 11.9. The fourth-order valence-corrected chi connectivity index (χ4v) is 4.98. The van der Waals surface area contributed by atoms with E-state index in [0.717, 1.165) is 0 Å². The molecule has 9 heteroatoms. The molecule has 8 nitrogen and oxygen atoms in total. The molecular formula is C20H23N3O5S. The average Bonchev–Trinajstić information content (AvgIpc) is 2.96. The van der Waals surface area contributed by atoms with Crippen LogP contribution in [0.1, 0.15) is 27.3 Å². The zero-order valence-electron chi connectivity index (χ0n) is 16.9. The van der Waals surface area contributed by atoms with Crippen LogP contribution < -0.4 is 4.74 Å². The Kier molecular flexibility index (Phi) is 5.38. The summed E-state index contributed by atoms with van der Waals surface area (Å²) in [5.74, 6) is -0.0348. The Hall–Kier alpha value is -2.91. The highest BCUT2D eigenvalue weighted by molar-refractivity contribution is 7.89. The van der Waals surface area contributed by atoms with E-state index in [1.54, 1.807) is 49.7 Å². The van der Waals surface area contributed by atoms with Crippen LogP contribution in [0.15, 0.2) is 35.2 Å². The monoisotopic (exact) mass is 417 g/mol. The van der Waals surface area contributed by atoms with Crippen LogP contribution in [0.2, 0.25) is 0 Å². The van der Waals surface area contributed by atoms with Crippen molar-refractivity contribution in [3.05, 3.63) is 52.8 Å². The molecule has 0 fully saturated rings. The number of hydrogen-bond acceptors (Lipinski definition) is 5. The zero-order valence-corrected chi connectivity index (χ0v) is 17.7. The summed E-state index contributed by atoms with van der Waals surface area (Å²) in [5, 5.41) is 9.38. The Bertz CT molecular complexity index is 1190. The number of sulfonamides is 1. The summed E-state index contributed by atoms with van der Waals surface area (Å²) in [7, 11) is 0.956. The van der Waals surface area contributed by atoms with Gasteiger partial charge in [-0.2, -0.15) is 4.31 Å². The highest BCUT2D eigenvalue weighted by Gasteiger charge is 2.27. The zero-order chi connectivity index (χ0) is 21.5. The van der Waals surface area contributed by atoms with Crippen molar-refractivity contribution < 1.29 is 23.1 Å². The summed E-state index contributed by atoms with van der Waals surface area (Å²) in [4.78, 5) is 16.1. The van der Waals surface area contributed by atoms with Gasteiger partial charge < -0.3 is 14.4 Å². The molecule has 1 N–H and O–H groups in total. The minimum absolute atomic E-state index is 0.00250. The van der Waals surface area contributed by atoms with E-state index >= 15 is 0 Å². The van der Waals surface area contributed by atoms with E-state index in [4.69, 9.17) is 4.74 Å². The molecule has 0 bridgehead atoms. The lowest BCUT2D eigenvalue weighted by Crippen LogP contribution is -2.29. The lowest BCUT2D eigenvalue weighted by atomic mass is 10.1. The smallest absolute Gasteiger partial charge is 0.337 e. The van der Waals surface area contributed by atoms with Gasteiger partial charge >= 0.3 is 5.97 Å². The average molecular weight is 417 g/mol. The molecule has 0 aliphatic heterocycles. The number of carbonyl (C=O) groups is 1. The SMILES string of the molecule is COc1cc(C)c(S(=O)(=O)N(C)Cc2nc3c(C(=O)O)cccc3n2C)c(C)c1. The number of aromatic nitrogens is 2. The molecule has 154 valence electrons. The minimum atomic E-state index is -3.80. The molecule has 0 radical (unpaired) electrons. The van der Waals surface area contributed by atoms with Crippen molar-refractivity contribution in [1.29, 1.82) is 0 Å². The Balaban J connectivity index is 2.02. The van der Waals surface area contributed by atoms with Crippen LogP contribution in [-0.2, 0) is 23.6 Å². The first-order chi connectivity index (χ1) is 13.6. The summed E-state index contributed by atoms with van der Waals surface area (Å²) in [6.45, 7) is 3.45. The fourth-order valence-electron chi connectivity index (χ4n) is 3.45. The van der Waals surface area contributed by atoms with E-state index < -0.39 is 16.0 Å². The first-order valence-corrected chi connectivity index (χ1v) is 10.3. The molecule has 0 saturated carbocycles. The Labute approximate surface area is 169 Å². The van der Waals surface area contributed by atoms with Gasteiger partial charge in [-0.1, -0.05) is 6.07 Å². The van der Waals surface area contributed by atoms with Crippen LogP contribution in [-0.4, -0.2) is 47.5 Å². The quantitative estimate of drug-likeness (QED) is 0.662.